The van der Waals surface area contributed by atoms with Gasteiger partial charge in [-0.25, -0.2) is 9.59 Å². The van der Waals surface area contributed by atoms with Gasteiger partial charge in [-0.3, -0.25) is 24.5 Å². The first-order valence-corrected chi connectivity index (χ1v) is 13.0. The molecular weight excluding hydrogens is 620 g/mol. The van der Waals surface area contributed by atoms with E-state index in [1.165, 1.54) is 30.3 Å². The molecule has 3 rings (SSSR count). The van der Waals surface area contributed by atoms with E-state index in [9.17, 15) is 34.1 Å². The lowest BCUT2D eigenvalue weighted by atomic mass is 9.97. The second-order valence-corrected chi connectivity index (χ2v) is 9.17. The molecule has 0 bridgehead atoms. The first-order valence-electron chi connectivity index (χ1n) is 13.0. The van der Waals surface area contributed by atoms with Gasteiger partial charge >= 0.3 is 30.0 Å². The van der Waals surface area contributed by atoms with E-state index >= 15 is 0 Å². The van der Waals surface area contributed by atoms with Crippen LogP contribution in [0.4, 0.5) is 16.2 Å². The van der Waals surface area contributed by atoms with Crippen molar-refractivity contribution in [3.05, 3.63) is 68.6 Å². The van der Waals surface area contributed by atoms with Gasteiger partial charge in [-0.15, -0.1) is 0 Å². The number of hydrogen-bond donors (Lipinski definition) is 0. The van der Waals surface area contributed by atoms with Crippen LogP contribution in [0.2, 0.25) is 0 Å². The summed E-state index contributed by atoms with van der Waals surface area (Å²) in [5.41, 5.74) is 9.02. The number of carbonyl (C=O) groups excluding carboxylic acids is 5. The molecule has 2 aromatic rings. The Morgan fingerprint density at radius 2 is 1.54 bits per heavy atom. The number of rotatable bonds is 11. The summed E-state index contributed by atoms with van der Waals surface area (Å²) < 4.78 is 42.1. The monoisotopic (exact) mass is 646 g/mol. The number of esters is 4. The van der Waals surface area contributed by atoms with Crippen LogP contribution in [0.1, 0.15) is 26.3 Å². The van der Waals surface area contributed by atoms with Crippen LogP contribution < -0.4 is 9.47 Å². The second kappa shape index (κ2) is 15.7. The Kier molecular flexibility index (Phi) is 11.8. The first kappa shape index (κ1) is 34.5. The van der Waals surface area contributed by atoms with Crippen molar-refractivity contribution in [2.24, 2.45) is 5.11 Å². The van der Waals surface area contributed by atoms with Crippen LogP contribution in [-0.2, 0) is 54.2 Å². The summed E-state index contributed by atoms with van der Waals surface area (Å²) in [5.74, 6) is -3.93. The van der Waals surface area contributed by atoms with Crippen LogP contribution in [0, 0.1) is 10.1 Å². The van der Waals surface area contributed by atoms with E-state index < -0.39 is 65.7 Å². The molecule has 0 spiro atoms. The van der Waals surface area contributed by atoms with E-state index in [0.717, 1.165) is 40.0 Å². The lowest BCUT2D eigenvalue weighted by Crippen LogP contribution is -2.64. The van der Waals surface area contributed by atoms with Crippen LogP contribution in [0.25, 0.3) is 10.4 Å². The fourth-order valence-electron chi connectivity index (χ4n) is 4.08. The molecule has 0 amide bonds. The summed E-state index contributed by atoms with van der Waals surface area (Å²) in [4.78, 5) is 73.5. The summed E-state index contributed by atoms with van der Waals surface area (Å²) in [6.07, 6.45) is -9.47. The molecule has 1 aliphatic rings. The quantitative estimate of drug-likeness (QED) is 0.0496. The summed E-state index contributed by atoms with van der Waals surface area (Å²) in [6, 6.07) is 8.59. The Balaban J connectivity index is 1.86. The molecule has 5 atom stereocenters. The number of non-ortho nitro benzene ring substituents is 1. The lowest BCUT2D eigenvalue weighted by molar-refractivity contribution is -0.384. The molecule has 0 aliphatic carbocycles. The molecule has 244 valence electrons. The highest BCUT2D eigenvalue weighted by atomic mass is 16.7. The smallest absolute Gasteiger partial charge is 0.467 e. The Bertz CT molecular complexity index is 1540. The van der Waals surface area contributed by atoms with Crippen molar-refractivity contribution < 1.29 is 66.8 Å². The fourth-order valence-corrected chi connectivity index (χ4v) is 4.08. The molecule has 0 saturated carbocycles. The summed E-state index contributed by atoms with van der Waals surface area (Å²) >= 11 is 0. The Morgan fingerprint density at radius 3 is 2.11 bits per heavy atom. The Labute approximate surface area is 258 Å². The number of carbonyl (C=O) groups is 5. The predicted molar refractivity (Wildman–Crippen MR) is 147 cm³/mol. The maximum atomic E-state index is 12.6. The number of hydrogen-bond acceptors (Lipinski definition) is 16. The summed E-state index contributed by atoms with van der Waals surface area (Å²) in [6.45, 7) is 2.69. The maximum absolute atomic E-state index is 12.6. The molecule has 19 heteroatoms. The van der Waals surface area contributed by atoms with E-state index in [1.807, 2.05) is 0 Å². The number of nitrogens with zero attached hydrogens (tertiary/aromatic N) is 4. The SMILES string of the molecule is COC(=O)C1O[C@@H](Oc2ccc(COC(=O)Oc3ccc([N+](=O)[O-])cc3)cc2N=[N+]=[N-])C(OC(C)=O)[C@@H](OC(C)=O)[C@@H]1OC(C)=O. The fraction of sp³-hybridized carbons (Fsp3) is 0.370. The lowest BCUT2D eigenvalue weighted by Gasteiger charge is -2.43. The number of methoxy groups -OCH3 is 1. The molecule has 1 fully saturated rings. The largest absolute Gasteiger partial charge is 0.514 e. The normalized spacial score (nSPS) is 20.1. The van der Waals surface area contributed by atoms with Gasteiger partial charge in [-0.1, -0.05) is 11.2 Å². The van der Waals surface area contributed by atoms with Gasteiger partial charge in [0.05, 0.1) is 17.7 Å². The average Bonchev–Trinajstić information content (AvgIpc) is 2.99. The molecule has 0 N–H and O–H groups in total. The van der Waals surface area contributed by atoms with Gasteiger partial charge < -0.3 is 37.9 Å². The van der Waals surface area contributed by atoms with E-state index in [-0.39, 0.29) is 35.0 Å². The standard InChI is InChI=1S/C27H26N4O15/c1-13(32)41-21-22(42-14(2)33)24(43-15(3)34)26(46-23(21)25(35)39-4)45-20-10-5-16(11-19(20)29-30-28)12-40-27(36)44-18-8-6-17(7-9-18)31(37)38/h5-11,21-24,26H,12H2,1-4H3/t21-,22-,23?,24?,26+/m0/s1. The average molecular weight is 647 g/mol. The molecule has 46 heavy (non-hydrogen) atoms. The summed E-state index contributed by atoms with van der Waals surface area (Å²) in [5, 5.41) is 14.3. The molecule has 19 nitrogen and oxygen atoms in total. The third-order valence-corrected chi connectivity index (χ3v) is 5.86. The van der Waals surface area contributed by atoms with Crippen molar-refractivity contribution in [1.82, 2.24) is 0 Å². The number of ether oxygens (including phenoxy) is 8. The van der Waals surface area contributed by atoms with Crippen molar-refractivity contribution in [3.63, 3.8) is 0 Å². The van der Waals surface area contributed by atoms with Crippen LogP contribution in [0.15, 0.2) is 47.6 Å². The van der Waals surface area contributed by atoms with Crippen LogP contribution in [-0.4, -0.2) is 72.8 Å². The van der Waals surface area contributed by atoms with Gasteiger partial charge in [0.1, 0.15) is 18.1 Å². The number of benzene rings is 2. The molecule has 1 aliphatic heterocycles. The Morgan fingerprint density at radius 1 is 0.935 bits per heavy atom. The van der Waals surface area contributed by atoms with Crippen LogP contribution in [0.5, 0.6) is 11.5 Å². The maximum Gasteiger partial charge on any atom is 0.514 e. The van der Waals surface area contributed by atoms with Crippen molar-refractivity contribution in [2.45, 2.75) is 58.1 Å². The van der Waals surface area contributed by atoms with Crippen molar-refractivity contribution in [3.8, 4) is 11.5 Å². The van der Waals surface area contributed by atoms with Crippen molar-refractivity contribution >= 4 is 41.4 Å². The van der Waals surface area contributed by atoms with Gasteiger partial charge in [0, 0.05) is 37.8 Å². The van der Waals surface area contributed by atoms with Gasteiger partial charge in [0.15, 0.2) is 18.3 Å². The van der Waals surface area contributed by atoms with E-state index in [1.54, 1.807) is 0 Å². The number of azide groups is 1. The van der Waals surface area contributed by atoms with Crippen molar-refractivity contribution in [2.75, 3.05) is 7.11 Å². The molecule has 2 unspecified atom stereocenters. The molecule has 2 aromatic carbocycles. The molecule has 1 saturated heterocycles. The third kappa shape index (κ3) is 9.28. The molecule has 0 aromatic heterocycles. The minimum Gasteiger partial charge on any atom is -0.467 e. The zero-order chi connectivity index (χ0) is 34.0. The van der Waals surface area contributed by atoms with Gasteiger partial charge in [-0.2, -0.15) is 0 Å². The predicted octanol–water partition coefficient (Wildman–Crippen LogP) is 3.32. The molecule has 0 radical (unpaired) electrons. The minimum atomic E-state index is -1.73. The van der Waals surface area contributed by atoms with Gasteiger partial charge in [-0.05, 0) is 35.4 Å². The van der Waals surface area contributed by atoms with Gasteiger partial charge in [0.25, 0.3) is 5.69 Å². The first-order chi connectivity index (χ1) is 21.8. The summed E-state index contributed by atoms with van der Waals surface area (Å²) in [7, 11) is 1.02. The second-order valence-electron chi connectivity index (χ2n) is 9.17. The minimum absolute atomic E-state index is 0.0165. The van der Waals surface area contributed by atoms with Crippen LogP contribution >= 0.6 is 0 Å². The van der Waals surface area contributed by atoms with Gasteiger partial charge in [0.2, 0.25) is 12.4 Å². The van der Waals surface area contributed by atoms with E-state index in [2.05, 4.69) is 10.0 Å². The highest BCUT2D eigenvalue weighted by Gasteiger charge is 2.56. The molecule has 1 heterocycles. The Hall–Kier alpha value is -5.94. The number of nitro groups is 1. The highest BCUT2D eigenvalue weighted by Crippen LogP contribution is 2.35. The highest BCUT2D eigenvalue weighted by molar-refractivity contribution is 5.77. The van der Waals surface area contributed by atoms with Crippen LogP contribution in [0.3, 0.4) is 0 Å². The third-order valence-electron chi connectivity index (χ3n) is 5.86. The number of nitro benzene ring substituents is 1. The zero-order valence-electron chi connectivity index (χ0n) is 24.5. The van der Waals surface area contributed by atoms with E-state index in [0.29, 0.717) is 0 Å². The zero-order valence-corrected chi connectivity index (χ0v) is 24.5. The molecular formula is C27H26N4O15. The van der Waals surface area contributed by atoms with Crippen molar-refractivity contribution in [1.29, 1.82) is 0 Å². The van der Waals surface area contributed by atoms with E-state index in [4.69, 9.17) is 43.4 Å². The topological polar surface area (TPSA) is 251 Å².